The van der Waals surface area contributed by atoms with Gasteiger partial charge in [0, 0.05) is 12.4 Å². The summed E-state index contributed by atoms with van der Waals surface area (Å²) in [6, 6.07) is 5.68. The fraction of sp³-hybridized carbons (Fsp3) is 0.231. The summed E-state index contributed by atoms with van der Waals surface area (Å²) in [5.74, 6) is 6.45. The molecule has 1 heterocycles. The van der Waals surface area contributed by atoms with Gasteiger partial charge in [-0.1, -0.05) is 6.07 Å². The molecule has 0 aliphatic heterocycles. The van der Waals surface area contributed by atoms with Crippen LogP contribution in [0.15, 0.2) is 36.8 Å². The van der Waals surface area contributed by atoms with E-state index in [0.29, 0.717) is 0 Å². The number of hydrazine groups is 1. The fourth-order valence-corrected chi connectivity index (χ4v) is 1.89. The summed E-state index contributed by atoms with van der Waals surface area (Å²) >= 11 is 0. The first-order valence-electron chi connectivity index (χ1n) is 5.63. The maximum atomic E-state index is 5.63. The first-order chi connectivity index (χ1) is 8.76. The molecule has 0 amide bonds. The van der Waals surface area contributed by atoms with Crippen LogP contribution in [0.2, 0.25) is 0 Å². The van der Waals surface area contributed by atoms with Crippen molar-refractivity contribution < 1.29 is 4.74 Å². The van der Waals surface area contributed by atoms with Crippen LogP contribution in [-0.4, -0.2) is 17.1 Å². The molecule has 0 spiro atoms. The fourth-order valence-electron chi connectivity index (χ4n) is 1.89. The molecular weight excluding hydrogens is 228 g/mol. The molecule has 1 unspecified atom stereocenters. The van der Waals surface area contributed by atoms with Crippen molar-refractivity contribution in [2.75, 3.05) is 7.11 Å². The molecule has 2 rings (SSSR count). The van der Waals surface area contributed by atoms with Crippen LogP contribution in [0, 0.1) is 6.92 Å². The first kappa shape index (κ1) is 12.5. The largest absolute Gasteiger partial charge is 0.497 e. The SMILES string of the molecule is COc1ccc(C(NN)c2cnccn2)c(C)c1. The Morgan fingerprint density at radius 3 is 2.72 bits per heavy atom. The number of nitrogens with zero attached hydrogens (tertiary/aromatic N) is 2. The van der Waals surface area contributed by atoms with Gasteiger partial charge in [0.2, 0.25) is 0 Å². The summed E-state index contributed by atoms with van der Waals surface area (Å²) < 4.78 is 5.19. The monoisotopic (exact) mass is 244 g/mol. The minimum Gasteiger partial charge on any atom is -0.497 e. The van der Waals surface area contributed by atoms with Gasteiger partial charge in [-0.2, -0.15) is 0 Å². The van der Waals surface area contributed by atoms with Crippen molar-refractivity contribution in [3.8, 4) is 5.75 Å². The highest BCUT2D eigenvalue weighted by molar-refractivity contribution is 5.39. The van der Waals surface area contributed by atoms with E-state index in [1.54, 1.807) is 25.7 Å². The summed E-state index contributed by atoms with van der Waals surface area (Å²) in [5.41, 5.74) is 5.70. The highest BCUT2D eigenvalue weighted by Gasteiger charge is 2.16. The Hall–Kier alpha value is -1.98. The topological polar surface area (TPSA) is 73.1 Å². The summed E-state index contributed by atoms with van der Waals surface area (Å²) in [4.78, 5) is 8.33. The Balaban J connectivity index is 2.39. The Labute approximate surface area is 106 Å². The number of hydrogen-bond acceptors (Lipinski definition) is 5. The lowest BCUT2D eigenvalue weighted by Gasteiger charge is -2.18. The molecule has 1 aromatic carbocycles. The number of nitrogens with one attached hydrogen (secondary N) is 1. The van der Waals surface area contributed by atoms with Crippen LogP contribution in [0.1, 0.15) is 22.9 Å². The number of benzene rings is 1. The second kappa shape index (κ2) is 5.57. The quantitative estimate of drug-likeness (QED) is 0.627. The van der Waals surface area contributed by atoms with E-state index >= 15 is 0 Å². The molecule has 1 atom stereocenters. The van der Waals surface area contributed by atoms with E-state index in [0.717, 1.165) is 22.6 Å². The lowest BCUT2D eigenvalue weighted by molar-refractivity contribution is 0.414. The summed E-state index contributed by atoms with van der Waals surface area (Å²) in [5, 5.41) is 0. The molecule has 5 heteroatoms. The van der Waals surface area contributed by atoms with Crippen LogP contribution in [0.3, 0.4) is 0 Å². The van der Waals surface area contributed by atoms with Gasteiger partial charge in [0.25, 0.3) is 0 Å². The van der Waals surface area contributed by atoms with Crippen LogP contribution in [0.25, 0.3) is 0 Å². The zero-order chi connectivity index (χ0) is 13.0. The molecule has 0 aliphatic rings. The van der Waals surface area contributed by atoms with Crippen molar-refractivity contribution in [3.05, 3.63) is 53.6 Å². The summed E-state index contributed by atoms with van der Waals surface area (Å²) in [6.07, 6.45) is 4.99. The molecule has 5 nitrogen and oxygen atoms in total. The van der Waals surface area contributed by atoms with Crippen molar-refractivity contribution >= 4 is 0 Å². The van der Waals surface area contributed by atoms with Gasteiger partial charge < -0.3 is 4.74 Å². The van der Waals surface area contributed by atoms with Crippen LogP contribution in [0.4, 0.5) is 0 Å². The zero-order valence-corrected chi connectivity index (χ0v) is 10.4. The average Bonchev–Trinajstić information content (AvgIpc) is 2.42. The lowest BCUT2D eigenvalue weighted by Crippen LogP contribution is -2.30. The van der Waals surface area contributed by atoms with Crippen LogP contribution in [0.5, 0.6) is 5.75 Å². The van der Waals surface area contributed by atoms with Crippen LogP contribution in [-0.2, 0) is 0 Å². The second-order valence-corrected chi connectivity index (χ2v) is 3.95. The van der Waals surface area contributed by atoms with Crippen LogP contribution < -0.4 is 16.0 Å². The number of methoxy groups -OCH3 is 1. The Kier molecular flexibility index (Phi) is 3.86. The minimum atomic E-state index is -0.176. The maximum Gasteiger partial charge on any atom is 0.119 e. The van der Waals surface area contributed by atoms with Crippen molar-refractivity contribution in [1.29, 1.82) is 0 Å². The normalized spacial score (nSPS) is 12.2. The second-order valence-electron chi connectivity index (χ2n) is 3.95. The number of aryl methyl sites for hydroxylation is 1. The van der Waals surface area contributed by atoms with Crippen molar-refractivity contribution in [1.82, 2.24) is 15.4 Å². The number of rotatable bonds is 4. The van der Waals surface area contributed by atoms with Gasteiger partial charge in [0.15, 0.2) is 0 Å². The molecule has 0 radical (unpaired) electrons. The Bertz CT molecular complexity index is 516. The molecule has 0 bridgehead atoms. The molecular formula is C13H16N4O. The van der Waals surface area contributed by atoms with Gasteiger partial charge in [-0.05, 0) is 30.2 Å². The third-order valence-corrected chi connectivity index (χ3v) is 2.83. The van der Waals surface area contributed by atoms with Crippen molar-refractivity contribution in [2.45, 2.75) is 13.0 Å². The van der Waals surface area contributed by atoms with Gasteiger partial charge in [0.1, 0.15) is 5.75 Å². The predicted molar refractivity (Wildman–Crippen MR) is 68.9 cm³/mol. The first-order valence-corrected chi connectivity index (χ1v) is 5.63. The number of hydrogen-bond donors (Lipinski definition) is 2. The predicted octanol–water partition coefficient (Wildman–Crippen LogP) is 1.35. The van der Waals surface area contributed by atoms with E-state index in [2.05, 4.69) is 15.4 Å². The van der Waals surface area contributed by atoms with Gasteiger partial charge in [-0.25, -0.2) is 5.43 Å². The molecule has 0 aliphatic carbocycles. The van der Waals surface area contributed by atoms with Gasteiger partial charge >= 0.3 is 0 Å². The summed E-state index contributed by atoms with van der Waals surface area (Å²) in [7, 11) is 1.65. The molecule has 94 valence electrons. The molecule has 0 saturated carbocycles. The van der Waals surface area contributed by atoms with E-state index < -0.39 is 0 Å². The van der Waals surface area contributed by atoms with Gasteiger partial charge in [-0.15, -0.1) is 0 Å². The average molecular weight is 244 g/mol. The van der Waals surface area contributed by atoms with Gasteiger partial charge in [-0.3, -0.25) is 15.8 Å². The number of nitrogens with two attached hydrogens (primary N) is 1. The zero-order valence-electron chi connectivity index (χ0n) is 10.4. The van der Waals surface area contributed by atoms with Crippen molar-refractivity contribution in [2.24, 2.45) is 5.84 Å². The standard InChI is InChI=1S/C13H16N4O/c1-9-7-10(18-2)3-4-11(9)13(17-14)12-8-15-5-6-16-12/h3-8,13,17H,14H2,1-2H3. The van der Waals surface area contributed by atoms with Crippen LogP contribution >= 0.6 is 0 Å². The Morgan fingerprint density at radius 1 is 1.33 bits per heavy atom. The van der Waals surface area contributed by atoms with Crippen molar-refractivity contribution in [3.63, 3.8) is 0 Å². The maximum absolute atomic E-state index is 5.63. The van der Waals surface area contributed by atoms with E-state index in [9.17, 15) is 0 Å². The molecule has 0 saturated heterocycles. The third kappa shape index (κ3) is 2.47. The third-order valence-electron chi connectivity index (χ3n) is 2.83. The lowest BCUT2D eigenvalue weighted by atomic mass is 9.99. The van der Waals surface area contributed by atoms with Gasteiger partial charge in [0.05, 0.1) is 25.0 Å². The molecule has 0 fully saturated rings. The molecule has 18 heavy (non-hydrogen) atoms. The number of aromatic nitrogens is 2. The highest BCUT2D eigenvalue weighted by atomic mass is 16.5. The minimum absolute atomic E-state index is 0.176. The summed E-state index contributed by atoms with van der Waals surface area (Å²) in [6.45, 7) is 2.01. The molecule has 3 N–H and O–H groups in total. The van der Waals surface area contributed by atoms with E-state index in [1.807, 2.05) is 25.1 Å². The van der Waals surface area contributed by atoms with E-state index in [4.69, 9.17) is 10.6 Å². The molecule has 1 aromatic heterocycles. The molecule has 2 aromatic rings. The highest BCUT2D eigenvalue weighted by Crippen LogP contribution is 2.25. The smallest absolute Gasteiger partial charge is 0.119 e. The van der Waals surface area contributed by atoms with E-state index in [-0.39, 0.29) is 6.04 Å². The Morgan fingerprint density at radius 2 is 2.17 bits per heavy atom. The number of ether oxygens (including phenoxy) is 1. The van der Waals surface area contributed by atoms with E-state index in [1.165, 1.54) is 0 Å².